The summed E-state index contributed by atoms with van der Waals surface area (Å²) >= 11 is 0. The molecule has 4 nitrogen and oxygen atoms in total. The third kappa shape index (κ3) is 19.5. The number of hydrogen-bond acceptors (Lipinski definition) is 0. The molecule has 0 aromatic heterocycles. The molecule has 58 heavy (non-hydrogen) atoms. The molecular formula is C34H36F18IrN4P-7. The maximum absolute atomic E-state index is 13.3. The van der Waals surface area contributed by atoms with Gasteiger partial charge in [0.2, 0.25) is 0 Å². The van der Waals surface area contributed by atoms with Crippen LogP contribution in [0.3, 0.4) is 0 Å². The minimum atomic E-state index is -10.7. The predicted molar refractivity (Wildman–Crippen MR) is 178 cm³/mol. The van der Waals surface area contributed by atoms with Crippen LogP contribution in [0.15, 0.2) is 58.6 Å². The third-order valence-electron chi connectivity index (χ3n) is 9.11. The fourth-order valence-electron chi connectivity index (χ4n) is 6.22. The molecule has 4 aliphatic heterocycles. The number of halogens is 18. The summed E-state index contributed by atoms with van der Waals surface area (Å²) in [5.41, 5.74) is 5.52. The second kappa shape index (κ2) is 20.2. The van der Waals surface area contributed by atoms with Crippen LogP contribution in [0.5, 0.6) is 0 Å². The first-order chi connectivity index (χ1) is 26.0. The normalized spacial score (nSPS) is 31.7. The van der Waals surface area contributed by atoms with Gasteiger partial charge in [0.05, 0.1) is 12.3 Å². The van der Waals surface area contributed by atoms with E-state index in [1.165, 1.54) is 0 Å². The quantitative estimate of drug-likeness (QED) is 0.117. The summed E-state index contributed by atoms with van der Waals surface area (Å²) in [7, 11) is -10.7. The Kier molecular flexibility index (Phi) is 18.1. The van der Waals surface area contributed by atoms with E-state index in [0.717, 1.165) is 24.3 Å². The Hall–Kier alpha value is -2.08. The summed E-state index contributed by atoms with van der Waals surface area (Å²) in [4.78, 5) is 0. The fourth-order valence-corrected chi connectivity index (χ4v) is 6.22. The fraction of sp³-hybridized carbons (Fsp3) is 0.647. The summed E-state index contributed by atoms with van der Waals surface area (Å²) in [6.45, 7) is -0.392. The Morgan fingerprint density at radius 3 is 1.09 bits per heavy atom. The number of nitrogens with zero attached hydrogens (tertiary/aromatic N) is 4. The molecular weight excluding hydrogens is 1030 g/mol. The Morgan fingerprint density at radius 2 is 0.862 bits per heavy atom. The zero-order valence-corrected chi connectivity index (χ0v) is 33.1. The average Bonchev–Trinajstić information content (AvgIpc) is 3.08. The van der Waals surface area contributed by atoms with E-state index in [9.17, 15) is 77.9 Å². The Labute approximate surface area is 335 Å². The van der Waals surface area contributed by atoms with E-state index in [-0.39, 0.29) is 107 Å². The summed E-state index contributed by atoms with van der Waals surface area (Å²) < 4.78 is 212. The van der Waals surface area contributed by atoms with Crippen molar-refractivity contribution in [3.05, 3.63) is 92.2 Å². The van der Waals surface area contributed by atoms with Gasteiger partial charge in [-0.25, -0.2) is 8.78 Å². The maximum Gasteiger partial charge on any atom is 0 e. The molecule has 0 saturated carbocycles. The predicted octanol–water partition coefficient (Wildman–Crippen LogP) is 14.4. The third-order valence-corrected chi connectivity index (χ3v) is 9.11. The monoisotopic (exact) mass is 1070 g/mol. The number of piperidine rings is 4. The van der Waals surface area contributed by atoms with Gasteiger partial charge in [0.25, 0.3) is 0 Å². The zero-order valence-electron chi connectivity index (χ0n) is 29.8. The number of hydrogen-bond donors (Lipinski definition) is 0. The van der Waals surface area contributed by atoms with Crippen LogP contribution in [0.1, 0.15) is 51.4 Å². The Balaban J connectivity index is 0.000000278. The smallest absolute Gasteiger partial charge is 0 e. The minimum Gasteiger partial charge on any atom is 0 e. The van der Waals surface area contributed by atoms with Crippen molar-refractivity contribution >= 4 is 7.81 Å². The molecule has 0 bridgehead atoms. The molecule has 4 saturated heterocycles. The zero-order chi connectivity index (χ0) is 43.0. The first kappa shape index (κ1) is 52.1. The largest absolute Gasteiger partial charge is 0 e. The molecule has 4 heterocycles. The van der Waals surface area contributed by atoms with Crippen molar-refractivity contribution in [2.24, 2.45) is 11.8 Å². The van der Waals surface area contributed by atoms with Gasteiger partial charge in [-0.05, 0) is 25.7 Å². The molecule has 4 fully saturated rings. The summed E-state index contributed by atoms with van der Waals surface area (Å²) in [6.07, 6.45) is -5.69. The van der Waals surface area contributed by atoms with E-state index in [1.807, 2.05) is 0 Å². The van der Waals surface area contributed by atoms with E-state index >= 15 is 0 Å². The molecule has 0 aromatic carbocycles. The van der Waals surface area contributed by atoms with Crippen LogP contribution in [-0.4, -0.2) is 75.0 Å². The molecule has 0 spiro atoms. The standard InChI is InChI=1S/C12H16F6N2.2C11H10F3N.F6P.Ir/c13-11(14,15)7-1-3-9(19-5-7)10-4-2-8(6-20-10)12(16,17)18;2*12-7-1-3-9(10(14)5-7)11-4-2-8(13)6-15-11;1-7(2,3,4,5)6;/h7-10H,1-6H2;2*1,5,8,11H,2,4,6H2;;/q3*-2;-1;. The first-order valence-corrected chi connectivity index (χ1v) is 19.4. The molecule has 1 radical (unpaired) electrons. The van der Waals surface area contributed by atoms with Gasteiger partial charge in [0, 0.05) is 55.9 Å². The summed E-state index contributed by atoms with van der Waals surface area (Å²) in [5, 5.41) is 16.0. The van der Waals surface area contributed by atoms with Gasteiger partial charge in [-0.3, -0.25) is 29.0 Å². The maximum atomic E-state index is 13.3. The SMILES string of the molecule is FC(F)(F)C1CCC(C2CCC(C(F)(F)F)C[N-]2)[N-]C1.FC1=C[C-](F)C(C2CCC(F)C[N-]2)=C=C1.FC1=C[C-](F)C(C2CCC(F)C[N-]2)=C=C1.F[P-](F)(F)(F)(F)F.[Ir]. The van der Waals surface area contributed by atoms with Gasteiger partial charge in [-0.15, -0.1) is 73.7 Å². The van der Waals surface area contributed by atoms with Crippen molar-refractivity contribution in [2.45, 2.75) is 100 Å². The van der Waals surface area contributed by atoms with Crippen LogP contribution in [0, 0.1) is 24.2 Å². The van der Waals surface area contributed by atoms with E-state index in [4.69, 9.17) is 0 Å². The summed E-state index contributed by atoms with van der Waals surface area (Å²) in [6, 6.07) is -1.44. The van der Waals surface area contributed by atoms with Crippen LogP contribution >= 0.6 is 7.81 Å². The number of allylic oxidation sites excluding steroid dienone is 4. The van der Waals surface area contributed by atoms with Gasteiger partial charge in [0.1, 0.15) is 0 Å². The molecule has 0 N–H and O–H groups in total. The average molecular weight is 1070 g/mol. The van der Waals surface area contributed by atoms with E-state index in [0.29, 0.717) is 25.7 Å². The second-order valence-electron chi connectivity index (χ2n) is 13.7. The molecule has 8 atom stereocenters. The van der Waals surface area contributed by atoms with Gasteiger partial charge in [-0.1, -0.05) is 25.7 Å². The molecule has 2 aliphatic carbocycles. The molecule has 6 rings (SSSR count). The van der Waals surface area contributed by atoms with Crippen molar-refractivity contribution in [1.82, 2.24) is 0 Å². The van der Waals surface area contributed by atoms with E-state index in [2.05, 4.69) is 32.7 Å². The van der Waals surface area contributed by atoms with Gasteiger partial charge in [0.15, 0.2) is 0 Å². The van der Waals surface area contributed by atoms with Crippen LogP contribution in [-0.2, 0) is 20.1 Å². The van der Waals surface area contributed by atoms with Crippen LogP contribution in [0.25, 0.3) is 21.3 Å². The topological polar surface area (TPSA) is 56.4 Å². The number of alkyl halides is 8. The molecule has 8 unspecified atom stereocenters. The minimum absolute atomic E-state index is 0. The van der Waals surface area contributed by atoms with Gasteiger partial charge >= 0.3 is 45.3 Å². The van der Waals surface area contributed by atoms with Gasteiger partial charge in [-0.2, -0.15) is 38.4 Å². The van der Waals surface area contributed by atoms with E-state index in [1.54, 1.807) is 0 Å². The molecule has 24 heteroatoms. The first-order valence-electron chi connectivity index (χ1n) is 17.3. The van der Waals surface area contributed by atoms with Crippen molar-refractivity contribution in [3.8, 4) is 0 Å². The number of rotatable bonds is 3. The van der Waals surface area contributed by atoms with Gasteiger partial charge < -0.3 is 21.3 Å². The van der Waals surface area contributed by atoms with Crippen LogP contribution in [0.2, 0.25) is 0 Å². The second-order valence-corrected chi connectivity index (χ2v) is 15.6. The molecule has 339 valence electrons. The van der Waals surface area contributed by atoms with Crippen LogP contribution in [0.4, 0.5) is 77.9 Å². The van der Waals surface area contributed by atoms with Crippen molar-refractivity contribution in [1.29, 1.82) is 0 Å². The van der Waals surface area contributed by atoms with Crippen molar-refractivity contribution < 1.29 is 98.0 Å². The molecule has 6 aliphatic rings. The Bertz CT molecular complexity index is 1410. The van der Waals surface area contributed by atoms with Crippen molar-refractivity contribution in [3.63, 3.8) is 0 Å². The molecule has 0 amide bonds. The Morgan fingerprint density at radius 1 is 0.534 bits per heavy atom. The van der Waals surface area contributed by atoms with E-state index < -0.39 is 68.3 Å². The van der Waals surface area contributed by atoms with Crippen LogP contribution < -0.4 is 0 Å². The van der Waals surface area contributed by atoms with Crippen molar-refractivity contribution in [2.75, 3.05) is 26.2 Å². The molecule has 0 aromatic rings. The summed E-state index contributed by atoms with van der Waals surface area (Å²) in [5.74, 6) is -4.14.